The van der Waals surface area contributed by atoms with Crippen LogP contribution in [0.1, 0.15) is 61.3 Å². The second kappa shape index (κ2) is 5.89. The van der Waals surface area contributed by atoms with Crippen LogP contribution < -0.4 is 0 Å². The van der Waals surface area contributed by atoms with Gasteiger partial charge in [0.1, 0.15) is 0 Å². The van der Waals surface area contributed by atoms with E-state index in [1.54, 1.807) is 0 Å². The molecule has 0 heterocycles. The predicted octanol–water partition coefficient (Wildman–Crippen LogP) is 4.10. The molecule has 92 valence electrons. The third-order valence-electron chi connectivity index (χ3n) is 4.18. The Morgan fingerprint density at radius 1 is 1.00 bits per heavy atom. The summed E-state index contributed by atoms with van der Waals surface area (Å²) in [6.07, 6.45) is 1.87. The number of aliphatic hydroxyl groups is 1. The molecule has 4 atom stereocenters. The molecule has 1 heteroatoms. The summed E-state index contributed by atoms with van der Waals surface area (Å²) in [5.74, 6) is 1.62. The molecule has 0 rings (SSSR count). The second-order valence-corrected chi connectivity index (χ2v) is 6.23. The molecule has 0 spiro atoms. The molecule has 4 unspecified atom stereocenters. The molecule has 0 saturated heterocycles. The van der Waals surface area contributed by atoms with Crippen molar-refractivity contribution in [3.63, 3.8) is 0 Å². The first-order chi connectivity index (χ1) is 6.71. The van der Waals surface area contributed by atoms with Gasteiger partial charge < -0.3 is 5.11 Å². The first-order valence-corrected chi connectivity index (χ1v) is 6.39. The first kappa shape index (κ1) is 15.0. The van der Waals surface area contributed by atoms with Crippen molar-refractivity contribution in [3.8, 4) is 0 Å². The van der Waals surface area contributed by atoms with Gasteiger partial charge in [-0.2, -0.15) is 0 Å². The summed E-state index contributed by atoms with van der Waals surface area (Å²) in [6, 6.07) is 0. The monoisotopic (exact) mass is 214 g/mol. The standard InChI is InChI=1S/C14H30O/c1-8-9-13(15)11(3)10(2)12(4)14(5,6)7/h10-13,15H,8-9H2,1-7H3. The van der Waals surface area contributed by atoms with Crippen LogP contribution in [-0.2, 0) is 0 Å². The zero-order valence-electron chi connectivity index (χ0n) is 11.7. The van der Waals surface area contributed by atoms with E-state index in [1.165, 1.54) is 0 Å². The molecule has 0 aromatic carbocycles. The average Bonchev–Trinajstić information content (AvgIpc) is 2.13. The van der Waals surface area contributed by atoms with Gasteiger partial charge in [0, 0.05) is 0 Å². The molecule has 0 saturated carbocycles. The molecule has 0 aliphatic rings. The Morgan fingerprint density at radius 3 is 1.80 bits per heavy atom. The van der Waals surface area contributed by atoms with Crippen LogP contribution in [0.15, 0.2) is 0 Å². The van der Waals surface area contributed by atoms with Gasteiger partial charge in [-0.25, -0.2) is 0 Å². The Hall–Kier alpha value is -0.0400. The maximum atomic E-state index is 10.0. The van der Waals surface area contributed by atoms with Gasteiger partial charge in [-0.15, -0.1) is 0 Å². The van der Waals surface area contributed by atoms with Crippen molar-refractivity contribution >= 4 is 0 Å². The number of hydrogen-bond donors (Lipinski definition) is 1. The Bertz CT molecular complexity index is 169. The molecule has 0 aromatic rings. The minimum Gasteiger partial charge on any atom is -0.393 e. The van der Waals surface area contributed by atoms with Gasteiger partial charge in [0.2, 0.25) is 0 Å². The number of rotatable bonds is 5. The lowest BCUT2D eigenvalue weighted by Gasteiger charge is -2.37. The van der Waals surface area contributed by atoms with Crippen molar-refractivity contribution < 1.29 is 5.11 Å². The first-order valence-electron chi connectivity index (χ1n) is 6.39. The van der Waals surface area contributed by atoms with Crippen LogP contribution in [-0.4, -0.2) is 11.2 Å². The molecule has 0 aliphatic carbocycles. The highest BCUT2D eigenvalue weighted by Gasteiger charge is 2.31. The van der Waals surface area contributed by atoms with Gasteiger partial charge in [0.15, 0.2) is 0 Å². The molecule has 1 N–H and O–H groups in total. The van der Waals surface area contributed by atoms with E-state index in [9.17, 15) is 5.11 Å². The minimum atomic E-state index is -0.130. The summed E-state index contributed by atoms with van der Waals surface area (Å²) in [6.45, 7) is 15.8. The quantitative estimate of drug-likeness (QED) is 0.730. The third-order valence-corrected chi connectivity index (χ3v) is 4.18. The van der Waals surface area contributed by atoms with E-state index in [4.69, 9.17) is 0 Å². The van der Waals surface area contributed by atoms with E-state index in [0.717, 1.165) is 12.8 Å². The molecular formula is C14H30O. The van der Waals surface area contributed by atoms with Crippen molar-refractivity contribution in [2.45, 2.75) is 67.4 Å². The fourth-order valence-electron chi connectivity index (χ4n) is 2.15. The van der Waals surface area contributed by atoms with Crippen LogP contribution in [0.4, 0.5) is 0 Å². The molecule has 1 nitrogen and oxygen atoms in total. The summed E-state index contributed by atoms with van der Waals surface area (Å²) < 4.78 is 0. The van der Waals surface area contributed by atoms with E-state index >= 15 is 0 Å². The summed E-state index contributed by atoms with van der Waals surface area (Å²) in [5.41, 5.74) is 0.333. The molecule has 0 bridgehead atoms. The fourth-order valence-corrected chi connectivity index (χ4v) is 2.15. The van der Waals surface area contributed by atoms with E-state index in [1.807, 2.05) is 0 Å². The highest BCUT2D eigenvalue weighted by atomic mass is 16.3. The molecule has 0 amide bonds. The zero-order chi connectivity index (χ0) is 12.2. The molecule has 0 aliphatic heterocycles. The summed E-state index contributed by atoms with van der Waals surface area (Å²) >= 11 is 0. The normalized spacial score (nSPS) is 20.8. The summed E-state index contributed by atoms with van der Waals surface area (Å²) in [5, 5.41) is 10.0. The molecule has 15 heavy (non-hydrogen) atoms. The molecule has 0 fully saturated rings. The van der Waals surface area contributed by atoms with E-state index in [2.05, 4.69) is 48.5 Å². The Morgan fingerprint density at radius 2 is 1.47 bits per heavy atom. The average molecular weight is 214 g/mol. The third kappa shape index (κ3) is 4.55. The van der Waals surface area contributed by atoms with Crippen molar-refractivity contribution in [2.75, 3.05) is 0 Å². The molecule has 0 aromatic heterocycles. The van der Waals surface area contributed by atoms with E-state index in [-0.39, 0.29) is 6.10 Å². The van der Waals surface area contributed by atoms with Gasteiger partial charge in [-0.1, -0.05) is 54.9 Å². The lowest BCUT2D eigenvalue weighted by Crippen LogP contribution is -2.33. The van der Waals surface area contributed by atoms with Crippen molar-refractivity contribution in [1.29, 1.82) is 0 Å². The topological polar surface area (TPSA) is 20.2 Å². The molecular weight excluding hydrogens is 184 g/mol. The number of aliphatic hydroxyl groups excluding tert-OH is 1. The van der Waals surface area contributed by atoms with Crippen LogP contribution in [0.25, 0.3) is 0 Å². The lowest BCUT2D eigenvalue weighted by molar-refractivity contribution is 0.0390. The van der Waals surface area contributed by atoms with Gasteiger partial charge in [-0.3, -0.25) is 0 Å². The predicted molar refractivity (Wildman–Crippen MR) is 67.9 cm³/mol. The van der Waals surface area contributed by atoms with Crippen LogP contribution in [0, 0.1) is 23.2 Å². The van der Waals surface area contributed by atoms with Crippen LogP contribution >= 0.6 is 0 Å². The fraction of sp³-hybridized carbons (Fsp3) is 1.00. The summed E-state index contributed by atoms with van der Waals surface area (Å²) in [4.78, 5) is 0. The zero-order valence-corrected chi connectivity index (χ0v) is 11.7. The number of hydrogen-bond acceptors (Lipinski definition) is 1. The van der Waals surface area contributed by atoms with Crippen LogP contribution in [0.3, 0.4) is 0 Å². The highest BCUT2D eigenvalue weighted by molar-refractivity contribution is 4.80. The maximum Gasteiger partial charge on any atom is 0.0568 e. The largest absolute Gasteiger partial charge is 0.393 e. The van der Waals surface area contributed by atoms with Gasteiger partial charge in [0.05, 0.1) is 6.10 Å². The SMILES string of the molecule is CCCC(O)C(C)C(C)C(C)C(C)(C)C. The van der Waals surface area contributed by atoms with Crippen molar-refractivity contribution in [3.05, 3.63) is 0 Å². The van der Waals surface area contributed by atoms with Crippen LogP contribution in [0.5, 0.6) is 0 Å². The minimum absolute atomic E-state index is 0.130. The van der Waals surface area contributed by atoms with Gasteiger partial charge in [0.25, 0.3) is 0 Å². The maximum absolute atomic E-state index is 10.0. The van der Waals surface area contributed by atoms with Crippen molar-refractivity contribution in [1.82, 2.24) is 0 Å². The Balaban J connectivity index is 4.36. The highest BCUT2D eigenvalue weighted by Crippen LogP contribution is 2.36. The Kier molecular flexibility index (Phi) is 5.87. The Labute approximate surface area is 96.3 Å². The smallest absolute Gasteiger partial charge is 0.0568 e. The van der Waals surface area contributed by atoms with E-state index in [0.29, 0.717) is 23.2 Å². The summed E-state index contributed by atoms with van der Waals surface area (Å²) in [7, 11) is 0. The second-order valence-electron chi connectivity index (χ2n) is 6.23. The van der Waals surface area contributed by atoms with Crippen molar-refractivity contribution in [2.24, 2.45) is 23.2 Å². The van der Waals surface area contributed by atoms with Gasteiger partial charge >= 0.3 is 0 Å². The van der Waals surface area contributed by atoms with E-state index < -0.39 is 0 Å². The molecule has 0 radical (unpaired) electrons. The van der Waals surface area contributed by atoms with Gasteiger partial charge in [-0.05, 0) is 29.6 Å². The van der Waals surface area contributed by atoms with Crippen LogP contribution in [0.2, 0.25) is 0 Å². The lowest BCUT2D eigenvalue weighted by atomic mass is 9.69.